The lowest BCUT2D eigenvalue weighted by Gasteiger charge is -2.22. The zero-order valence-corrected chi connectivity index (χ0v) is 12.4. The maximum absolute atomic E-state index is 12.2. The number of hydrogen-bond donors (Lipinski definition) is 0. The molecule has 0 N–H and O–H groups in total. The zero-order chi connectivity index (χ0) is 13.9. The minimum atomic E-state index is 0.111. The largest absolute Gasteiger partial charge is 0.376 e. The van der Waals surface area contributed by atoms with E-state index in [-0.39, 0.29) is 12.0 Å². The number of ether oxygens (including phenoxy) is 1. The van der Waals surface area contributed by atoms with Crippen molar-refractivity contribution >= 4 is 32.6 Å². The van der Waals surface area contributed by atoms with Crippen LogP contribution in [-0.2, 0) is 9.53 Å². The molecular formula is C15H18N2O2S. The van der Waals surface area contributed by atoms with Crippen molar-refractivity contribution in [2.24, 2.45) is 0 Å². The second kappa shape index (κ2) is 5.89. The van der Waals surface area contributed by atoms with Gasteiger partial charge in [-0.2, -0.15) is 0 Å². The Morgan fingerprint density at radius 1 is 1.50 bits per heavy atom. The summed E-state index contributed by atoms with van der Waals surface area (Å²) in [6.45, 7) is 3.31. The SMILES string of the molecule is CCC(=O)N(CC1CCCO1)c1nc2ccccc2s1. The summed E-state index contributed by atoms with van der Waals surface area (Å²) >= 11 is 1.57. The molecule has 1 saturated heterocycles. The molecule has 4 nitrogen and oxygen atoms in total. The van der Waals surface area contributed by atoms with Gasteiger partial charge in [0.25, 0.3) is 0 Å². The van der Waals surface area contributed by atoms with Crippen molar-refractivity contribution in [1.29, 1.82) is 0 Å². The van der Waals surface area contributed by atoms with Gasteiger partial charge in [-0.3, -0.25) is 9.69 Å². The first kappa shape index (κ1) is 13.5. The van der Waals surface area contributed by atoms with Gasteiger partial charge >= 0.3 is 0 Å². The van der Waals surface area contributed by atoms with Crippen LogP contribution in [0.25, 0.3) is 10.2 Å². The van der Waals surface area contributed by atoms with E-state index >= 15 is 0 Å². The van der Waals surface area contributed by atoms with Gasteiger partial charge in [0.05, 0.1) is 22.9 Å². The van der Waals surface area contributed by atoms with Crippen LogP contribution in [0.4, 0.5) is 5.13 Å². The maximum atomic E-state index is 12.2. The van der Waals surface area contributed by atoms with Crippen LogP contribution >= 0.6 is 11.3 Å². The summed E-state index contributed by atoms with van der Waals surface area (Å²) in [5.74, 6) is 0.111. The maximum Gasteiger partial charge on any atom is 0.228 e. The molecule has 2 heterocycles. The van der Waals surface area contributed by atoms with Crippen LogP contribution in [0.3, 0.4) is 0 Å². The first-order valence-corrected chi connectivity index (χ1v) is 7.87. The van der Waals surface area contributed by atoms with Crippen molar-refractivity contribution in [1.82, 2.24) is 4.98 Å². The molecule has 20 heavy (non-hydrogen) atoms. The number of thiazole rings is 1. The molecule has 1 aliphatic heterocycles. The average Bonchev–Trinajstić information content (AvgIpc) is 3.12. The molecule has 1 atom stereocenters. The molecule has 1 aromatic heterocycles. The van der Waals surface area contributed by atoms with E-state index < -0.39 is 0 Å². The molecule has 3 rings (SSSR count). The molecule has 1 fully saturated rings. The number of rotatable bonds is 4. The fourth-order valence-corrected chi connectivity index (χ4v) is 3.44. The quantitative estimate of drug-likeness (QED) is 0.868. The summed E-state index contributed by atoms with van der Waals surface area (Å²) in [4.78, 5) is 18.6. The van der Waals surface area contributed by atoms with Crippen molar-refractivity contribution in [2.45, 2.75) is 32.3 Å². The lowest BCUT2D eigenvalue weighted by molar-refractivity contribution is -0.118. The predicted molar refractivity (Wildman–Crippen MR) is 81.2 cm³/mol. The third-order valence-corrected chi connectivity index (χ3v) is 4.59. The van der Waals surface area contributed by atoms with Gasteiger partial charge in [-0.05, 0) is 25.0 Å². The third-order valence-electron chi connectivity index (χ3n) is 3.53. The number of carbonyl (C=O) groups is 1. The molecule has 1 aliphatic rings. The number of aromatic nitrogens is 1. The van der Waals surface area contributed by atoms with E-state index in [2.05, 4.69) is 4.98 Å². The van der Waals surface area contributed by atoms with Crippen LogP contribution in [0.15, 0.2) is 24.3 Å². The van der Waals surface area contributed by atoms with Crippen LogP contribution in [0.2, 0.25) is 0 Å². The third kappa shape index (κ3) is 2.69. The topological polar surface area (TPSA) is 42.4 Å². The highest BCUT2D eigenvalue weighted by atomic mass is 32.1. The van der Waals surface area contributed by atoms with E-state index in [0.717, 1.165) is 34.8 Å². The second-order valence-electron chi connectivity index (χ2n) is 4.96. The number of amides is 1. The molecule has 0 saturated carbocycles. The van der Waals surface area contributed by atoms with Gasteiger partial charge in [0.2, 0.25) is 5.91 Å². The Kier molecular flexibility index (Phi) is 3.98. The van der Waals surface area contributed by atoms with Crippen LogP contribution < -0.4 is 4.90 Å². The smallest absolute Gasteiger partial charge is 0.228 e. The minimum Gasteiger partial charge on any atom is -0.376 e. The van der Waals surface area contributed by atoms with Crippen LogP contribution in [-0.4, -0.2) is 30.1 Å². The van der Waals surface area contributed by atoms with Crippen LogP contribution in [0.1, 0.15) is 26.2 Å². The Labute approximate surface area is 122 Å². The molecule has 5 heteroatoms. The fourth-order valence-electron chi connectivity index (χ4n) is 2.44. The highest BCUT2D eigenvalue weighted by Crippen LogP contribution is 2.30. The summed E-state index contributed by atoms with van der Waals surface area (Å²) in [6, 6.07) is 7.99. The van der Waals surface area contributed by atoms with Crippen molar-refractivity contribution in [2.75, 3.05) is 18.1 Å². The summed E-state index contributed by atoms with van der Waals surface area (Å²) < 4.78 is 6.77. The Hall–Kier alpha value is -1.46. The molecule has 1 aromatic carbocycles. The average molecular weight is 290 g/mol. The molecular weight excluding hydrogens is 272 g/mol. The molecule has 0 aliphatic carbocycles. The monoisotopic (exact) mass is 290 g/mol. The molecule has 1 unspecified atom stereocenters. The number of carbonyl (C=O) groups excluding carboxylic acids is 1. The molecule has 0 radical (unpaired) electrons. The summed E-state index contributed by atoms with van der Waals surface area (Å²) in [5, 5.41) is 0.786. The van der Waals surface area contributed by atoms with Crippen LogP contribution in [0, 0.1) is 0 Å². The minimum absolute atomic E-state index is 0.111. The molecule has 0 spiro atoms. The van der Waals surface area contributed by atoms with Crippen molar-refractivity contribution in [3.8, 4) is 0 Å². The lowest BCUT2D eigenvalue weighted by atomic mass is 10.2. The number of benzene rings is 1. The van der Waals surface area contributed by atoms with Crippen molar-refractivity contribution in [3.05, 3.63) is 24.3 Å². The summed E-state index contributed by atoms with van der Waals surface area (Å²) in [7, 11) is 0. The Morgan fingerprint density at radius 3 is 3.05 bits per heavy atom. The molecule has 2 aromatic rings. The number of anilines is 1. The second-order valence-corrected chi connectivity index (χ2v) is 5.97. The van der Waals surface area contributed by atoms with E-state index in [9.17, 15) is 4.79 Å². The zero-order valence-electron chi connectivity index (χ0n) is 11.5. The standard InChI is InChI=1S/C15H18N2O2S/c1-2-14(18)17(10-11-6-5-9-19-11)15-16-12-7-3-4-8-13(12)20-15/h3-4,7-8,11H,2,5-6,9-10H2,1H3. The van der Waals surface area contributed by atoms with Crippen molar-refractivity contribution < 1.29 is 9.53 Å². The number of fused-ring (bicyclic) bond motifs is 1. The summed E-state index contributed by atoms with van der Waals surface area (Å²) in [6.07, 6.45) is 2.75. The summed E-state index contributed by atoms with van der Waals surface area (Å²) in [5.41, 5.74) is 0.953. The van der Waals surface area contributed by atoms with Crippen LogP contribution in [0.5, 0.6) is 0 Å². The van der Waals surface area contributed by atoms with Gasteiger partial charge in [0.1, 0.15) is 0 Å². The van der Waals surface area contributed by atoms with E-state index in [1.807, 2.05) is 31.2 Å². The number of hydrogen-bond acceptors (Lipinski definition) is 4. The van der Waals surface area contributed by atoms with Gasteiger partial charge in [0.15, 0.2) is 5.13 Å². The van der Waals surface area contributed by atoms with Gasteiger partial charge < -0.3 is 4.74 Å². The molecule has 0 bridgehead atoms. The first-order chi connectivity index (χ1) is 9.78. The lowest BCUT2D eigenvalue weighted by Crippen LogP contribution is -2.37. The van der Waals surface area contributed by atoms with E-state index in [1.165, 1.54) is 0 Å². The van der Waals surface area contributed by atoms with Gasteiger partial charge in [0, 0.05) is 13.0 Å². The molecule has 106 valence electrons. The Morgan fingerprint density at radius 2 is 2.35 bits per heavy atom. The first-order valence-electron chi connectivity index (χ1n) is 7.05. The van der Waals surface area contributed by atoms with E-state index in [4.69, 9.17) is 4.74 Å². The van der Waals surface area contributed by atoms with Gasteiger partial charge in [-0.15, -0.1) is 0 Å². The number of para-hydroxylation sites is 1. The van der Waals surface area contributed by atoms with Gasteiger partial charge in [-0.25, -0.2) is 4.98 Å². The Balaban J connectivity index is 1.88. The normalized spacial score (nSPS) is 18.6. The number of nitrogens with zero attached hydrogens (tertiary/aromatic N) is 2. The highest BCUT2D eigenvalue weighted by molar-refractivity contribution is 7.22. The predicted octanol–water partition coefficient (Wildman–Crippen LogP) is 3.22. The van der Waals surface area contributed by atoms with E-state index in [1.54, 1.807) is 16.2 Å². The van der Waals surface area contributed by atoms with Crippen molar-refractivity contribution in [3.63, 3.8) is 0 Å². The molecule has 1 amide bonds. The Bertz CT molecular complexity index is 572. The fraction of sp³-hybridized carbons (Fsp3) is 0.467. The van der Waals surface area contributed by atoms with Gasteiger partial charge in [-0.1, -0.05) is 30.4 Å². The highest BCUT2D eigenvalue weighted by Gasteiger charge is 2.25. The van der Waals surface area contributed by atoms with E-state index in [0.29, 0.717) is 13.0 Å².